The minimum atomic E-state index is -1.08. The van der Waals surface area contributed by atoms with Crippen LogP contribution in [0.1, 0.15) is 46.8 Å². The minimum absolute atomic E-state index is 0.0905. The lowest BCUT2D eigenvalue weighted by Gasteiger charge is -2.27. The van der Waals surface area contributed by atoms with Crippen molar-refractivity contribution in [2.45, 2.75) is 44.1 Å². The quantitative estimate of drug-likeness (QED) is 0.387. The van der Waals surface area contributed by atoms with Crippen LogP contribution in [0.25, 0.3) is 0 Å². The number of thioether (sulfide) groups is 1. The largest absolute Gasteiger partial charge is 0.476 e. The zero-order chi connectivity index (χ0) is 22.8. The molecule has 6 heteroatoms. The van der Waals surface area contributed by atoms with Gasteiger partial charge in [0.15, 0.2) is 11.4 Å². The molecule has 5 nitrogen and oxygen atoms in total. The van der Waals surface area contributed by atoms with Crippen molar-refractivity contribution in [2.75, 3.05) is 26.5 Å². The van der Waals surface area contributed by atoms with Gasteiger partial charge in [0.25, 0.3) is 0 Å². The number of methoxy groups -OCH3 is 1. The molecule has 2 aromatic rings. The van der Waals surface area contributed by atoms with Gasteiger partial charge in [0.05, 0.1) is 7.11 Å². The Labute approximate surface area is 188 Å². The molecule has 0 radical (unpaired) electrons. The zero-order valence-electron chi connectivity index (χ0n) is 19.1. The molecule has 1 N–H and O–H groups in total. The van der Waals surface area contributed by atoms with Gasteiger partial charge >= 0.3 is 5.97 Å². The lowest BCUT2D eigenvalue weighted by atomic mass is 9.82. The van der Waals surface area contributed by atoms with Crippen molar-refractivity contribution in [3.8, 4) is 5.75 Å². The van der Waals surface area contributed by atoms with Crippen LogP contribution in [-0.4, -0.2) is 43.8 Å². The van der Waals surface area contributed by atoms with Gasteiger partial charge in [-0.3, -0.25) is 4.79 Å². The monoisotopic (exact) mass is 441 g/mol. The van der Waals surface area contributed by atoms with E-state index in [1.54, 1.807) is 25.6 Å². The summed E-state index contributed by atoms with van der Waals surface area (Å²) in [5, 5.41) is 3.39. The van der Waals surface area contributed by atoms with Crippen LogP contribution in [0.4, 0.5) is 0 Å². The van der Waals surface area contributed by atoms with E-state index < -0.39 is 11.6 Å². The molecule has 2 aromatic carbocycles. The Morgan fingerprint density at radius 3 is 2.23 bits per heavy atom. The van der Waals surface area contributed by atoms with Crippen LogP contribution in [-0.2, 0) is 9.53 Å². The average Bonchev–Trinajstić information content (AvgIpc) is 3.25. The number of ether oxygens (including phenoxy) is 2. The molecule has 1 aliphatic heterocycles. The predicted octanol–water partition coefficient (Wildman–Crippen LogP) is 4.54. The number of hydrogen-bond acceptors (Lipinski definition) is 6. The molecule has 0 unspecified atom stereocenters. The van der Waals surface area contributed by atoms with Crippen molar-refractivity contribution >= 4 is 23.5 Å². The molecule has 31 heavy (non-hydrogen) atoms. The highest BCUT2D eigenvalue weighted by Crippen LogP contribution is 2.36. The van der Waals surface area contributed by atoms with E-state index in [2.05, 4.69) is 17.4 Å². The molecule has 1 heterocycles. The number of carbonyl (C=O) groups excluding carboxylic acids is 2. The maximum Gasteiger partial charge on any atom is 0.349 e. The summed E-state index contributed by atoms with van der Waals surface area (Å²) in [7, 11) is 1.36. The topological polar surface area (TPSA) is 64.6 Å². The number of carbonyl (C=O) groups is 2. The number of nitrogens with one attached hydrogen (secondary N) is 1. The van der Waals surface area contributed by atoms with Crippen molar-refractivity contribution in [3.63, 3.8) is 0 Å². The lowest BCUT2D eigenvalue weighted by Crippen LogP contribution is -2.39. The summed E-state index contributed by atoms with van der Waals surface area (Å²) in [5.74, 6) is 0.407. The summed E-state index contributed by atoms with van der Waals surface area (Å²) >= 11 is 1.67. The minimum Gasteiger partial charge on any atom is -0.476 e. The SMILES string of the molecule is COC(=O)C(C)(C)Oc1c(C)cc([C@H]2CNC[C@@H]2C(=O)c2ccc(SC)cc2)cc1C. The van der Waals surface area contributed by atoms with Crippen LogP contribution in [0.15, 0.2) is 41.3 Å². The molecule has 1 fully saturated rings. The molecule has 0 saturated carbocycles. The van der Waals surface area contributed by atoms with Gasteiger partial charge in [0.1, 0.15) is 5.75 Å². The summed E-state index contributed by atoms with van der Waals surface area (Å²) < 4.78 is 10.9. The third-order valence-electron chi connectivity index (χ3n) is 5.87. The summed E-state index contributed by atoms with van der Waals surface area (Å²) in [6.45, 7) is 8.76. The van der Waals surface area contributed by atoms with Crippen LogP contribution in [0.5, 0.6) is 5.75 Å². The molecule has 0 spiro atoms. The smallest absolute Gasteiger partial charge is 0.349 e. The van der Waals surface area contributed by atoms with Gasteiger partial charge in [-0.25, -0.2) is 4.79 Å². The molecule has 0 aliphatic carbocycles. The Morgan fingerprint density at radius 1 is 1.06 bits per heavy atom. The van der Waals surface area contributed by atoms with E-state index in [9.17, 15) is 9.59 Å². The molecule has 0 aromatic heterocycles. The Hall–Kier alpha value is -2.31. The molecular formula is C25H31NO4S. The summed E-state index contributed by atoms with van der Waals surface area (Å²) in [6.07, 6.45) is 2.03. The van der Waals surface area contributed by atoms with Crippen LogP contribution >= 0.6 is 11.8 Å². The third-order valence-corrected chi connectivity index (χ3v) is 6.61. The Bertz CT molecular complexity index is 945. The van der Waals surface area contributed by atoms with E-state index in [1.165, 1.54) is 7.11 Å². The maximum absolute atomic E-state index is 13.2. The first-order valence-corrected chi connectivity index (χ1v) is 11.7. The molecule has 2 atom stereocenters. The number of ketones is 1. The number of rotatable bonds is 7. The van der Waals surface area contributed by atoms with E-state index in [-0.39, 0.29) is 17.6 Å². The number of benzene rings is 2. The molecule has 0 amide bonds. The maximum atomic E-state index is 13.2. The van der Waals surface area contributed by atoms with Crippen molar-refractivity contribution in [1.82, 2.24) is 5.32 Å². The number of hydrogen-bond donors (Lipinski definition) is 1. The van der Waals surface area contributed by atoms with Gasteiger partial charge in [-0.05, 0) is 62.8 Å². The van der Waals surface area contributed by atoms with Gasteiger partial charge in [-0.1, -0.05) is 24.3 Å². The van der Waals surface area contributed by atoms with Gasteiger partial charge < -0.3 is 14.8 Å². The number of aryl methyl sites for hydroxylation is 2. The van der Waals surface area contributed by atoms with E-state index in [0.29, 0.717) is 12.3 Å². The summed E-state index contributed by atoms with van der Waals surface area (Å²) in [4.78, 5) is 26.4. The fraction of sp³-hybridized carbons (Fsp3) is 0.440. The fourth-order valence-corrected chi connectivity index (χ4v) is 4.58. The second-order valence-corrected chi connectivity index (χ2v) is 9.43. The second kappa shape index (κ2) is 9.45. The Balaban J connectivity index is 1.86. The van der Waals surface area contributed by atoms with Crippen molar-refractivity contribution in [2.24, 2.45) is 5.92 Å². The molecule has 1 saturated heterocycles. The van der Waals surface area contributed by atoms with Crippen LogP contribution < -0.4 is 10.1 Å². The fourth-order valence-electron chi connectivity index (χ4n) is 4.18. The first-order valence-electron chi connectivity index (χ1n) is 10.5. The standard InChI is InChI=1S/C25H31NO4S/c1-15-11-18(12-16(2)23(15)30-25(3,4)24(28)29-5)20-13-26-14-21(20)22(27)17-7-9-19(31-6)10-8-17/h7-12,20-21,26H,13-14H2,1-6H3/t20-,21+/m1/s1. The van der Waals surface area contributed by atoms with E-state index >= 15 is 0 Å². The number of esters is 1. The highest BCUT2D eigenvalue weighted by Gasteiger charge is 2.36. The van der Waals surface area contributed by atoms with Gasteiger partial charge in [0.2, 0.25) is 0 Å². The molecule has 3 rings (SSSR count). The average molecular weight is 442 g/mol. The van der Waals surface area contributed by atoms with Gasteiger partial charge in [-0.15, -0.1) is 11.8 Å². The Kier molecular flexibility index (Phi) is 7.12. The van der Waals surface area contributed by atoms with Crippen LogP contribution in [0, 0.1) is 19.8 Å². The van der Waals surface area contributed by atoms with Crippen molar-refractivity contribution in [1.29, 1.82) is 0 Å². The first-order chi connectivity index (χ1) is 14.7. The predicted molar refractivity (Wildman–Crippen MR) is 124 cm³/mol. The van der Waals surface area contributed by atoms with E-state index in [4.69, 9.17) is 9.47 Å². The van der Waals surface area contributed by atoms with Crippen molar-refractivity contribution < 1.29 is 19.1 Å². The normalized spacial score (nSPS) is 18.6. The summed E-state index contributed by atoms with van der Waals surface area (Å²) in [6, 6.07) is 12.0. The third kappa shape index (κ3) is 4.96. The zero-order valence-corrected chi connectivity index (χ0v) is 19.9. The second-order valence-electron chi connectivity index (χ2n) is 8.55. The molecule has 1 aliphatic rings. The van der Waals surface area contributed by atoms with Crippen LogP contribution in [0.2, 0.25) is 0 Å². The lowest BCUT2D eigenvalue weighted by molar-refractivity contribution is -0.156. The molecule has 166 valence electrons. The first kappa shape index (κ1) is 23.4. The highest BCUT2D eigenvalue weighted by molar-refractivity contribution is 7.98. The van der Waals surface area contributed by atoms with E-state index in [1.807, 2.05) is 44.4 Å². The van der Waals surface area contributed by atoms with E-state index in [0.717, 1.165) is 33.7 Å². The van der Waals surface area contributed by atoms with Crippen LogP contribution in [0.3, 0.4) is 0 Å². The van der Waals surface area contributed by atoms with Crippen molar-refractivity contribution in [3.05, 3.63) is 58.7 Å². The summed E-state index contributed by atoms with van der Waals surface area (Å²) in [5.41, 5.74) is 2.66. The number of Topliss-reactive ketones (excluding diaryl/α,β-unsaturated/α-hetero) is 1. The highest BCUT2D eigenvalue weighted by atomic mass is 32.2. The molecule has 0 bridgehead atoms. The van der Waals surface area contributed by atoms with Gasteiger partial charge in [-0.2, -0.15) is 0 Å². The van der Waals surface area contributed by atoms with Gasteiger partial charge in [0, 0.05) is 35.4 Å². The molecular weight excluding hydrogens is 410 g/mol. The Morgan fingerprint density at radius 2 is 1.68 bits per heavy atom.